The Morgan fingerprint density at radius 1 is 1.54 bits per heavy atom. The second-order valence-electron chi connectivity index (χ2n) is 2.65. The van der Waals surface area contributed by atoms with Gasteiger partial charge in [0.2, 0.25) is 0 Å². The van der Waals surface area contributed by atoms with Gasteiger partial charge in [-0.1, -0.05) is 0 Å². The van der Waals surface area contributed by atoms with Crippen LogP contribution in [0.5, 0.6) is 0 Å². The highest BCUT2D eigenvalue weighted by atomic mass is 19.4. The standard InChI is InChI=1S/C7H9F3N2O/c1-5-4-12(2-3-13)11-6(5)7(8,9)10/h4,13H,2-3H2,1H3. The van der Waals surface area contributed by atoms with Crippen LogP contribution in [0.3, 0.4) is 0 Å². The molecule has 0 bridgehead atoms. The molecule has 0 unspecified atom stereocenters. The first kappa shape index (κ1) is 10.0. The molecule has 74 valence electrons. The number of hydrogen-bond donors (Lipinski definition) is 1. The molecule has 0 saturated carbocycles. The maximum atomic E-state index is 12.2. The average Bonchev–Trinajstić information content (AvgIpc) is 2.30. The molecule has 1 aromatic heterocycles. The number of rotatable bonds is 2. The van der Waals surface area contributed by atoms with Crippen LogP contribution in [0.15, 0.2) is 6.20 Å². The third-order valence-electron chi connectivity index (χ3n) is 1.54. The zero-order valence-electron chi connectivity index (χ0n) is 6.97. The number of aromatic nitrogens is 2. The van der Waals surface area contributed by atoms with Gasteiger partial charge >= 0.3 is 6.18 Å². The molecular formula is C7H9F3N2O. The number of nitrogens with zero attached hydrogens (tertiary/aromatic N) is 2. The summed E-state index contributed by atoms with van der Waals surface area (Å²) in [6, 6.07) is 0. The number of aryl methyl sites for hydroxylation is 1. The van der Waals surface area contributed by atoms with E-state index in [-0.39, 0.29) is 18.7 Å². The van der Waals surface area contributed by atoms with Crippen molar-refractivity contribution in [1.82, 2.24) is 9.78 Å². The SMILES string of the molecule is Cc1cn(CCO)nc1C(F)(F)F. The summed E-state index contributed by atoms with van der Waals surface area (Å²) in [5, 5.41) is 11.8. The molecule has 0 fully saturated rings. The van der Waals surface area contributed by atoms with E-state index in [0.717, 1.165) is 4.68 Å². The van der Waals surface area contributed by atoms with E-state index < -0.39 is 11.9 Å². The monoisotopic (exact) mass is 194 g/mol. The van der Waals surface area contributed by atoms with Crippen molar-refractivity contribution < 1.29 is 18.3 Å². The van der Waals surface area contributed by atoms with Crippen LogP contribution < -0.4 is 0 Å². The topological polar surface area (TPSA) is 38.0 Å². The van der Waals surface area contributed by atoms with Gasteiger partial charge in [0.05, 0.1) is 13.2 Å². The fourth-order valence-corrected chi connectivity index (χ4v) is 1.02. The van der Waals surface area contributed by atoms with Gasteiger partial charge in [-0.25, -0.2) is 0 Å². The van der Waals surface area contributed by atoms with Crippen LogP contribution in [0.1, 0.15) is 11.3 Å². The van der Waals surface area contributed by atoms with Crippen molar-refractivity contribution in [2.75, 3.05) is 6.61 Å². The Labute approximate surface area is 72.8 Å². The lowest BCUT2D eigenvalue weighted by molar-refractivity contribution is -0.142. The van der Waals surface area contributed by atoms with Crippen molar-refractivity contribution in [3.63, 3.8) is 0 Å². The molecule has 13 heavy (non-hydrogen) atoms. The predicted octanol–water partition coefficient (Wildman–Crippen LogP) is 1.20. The van der Waals surface area contributed by atoms with Crippen molar-refractivity contribution >= 4 is 0 Å². The number of halogens is 3. The second-order valence-corrected chi connectivity index (χ2v) is 2.65. The fourth-order valence-electron chi connectivity index (χ4n) is 1.02. The number of aliphatic hydroxyl groups is 1. The van der Waals surface area contributed by atoms with E-state index in [9.17, 15) is 13.2 Å². The van der Waals surface area contributed by atoms with E-state index in [2.05, 4.69) is 5.10 Å². The molecule has 3 nitrogen and oxygen atoms in total. The first-order valence-corrected chi connectivity index (χ1v) is 3.67. The molecule has 0 aliphatic rings. The van der Waals surface area contributed by atoms with Crippen LogP contribution >= 0.6 is 0 Å². The Kier molecular flexibility index (Phi) is 2.60. The average molecular weight is 194 g/mol. The Hall–Kier alpha value is -1.04. The number of hydrogen-bond acceptors (Lipinski definition) is 2. The van der Waals surface area contributed by atoms with Crippen molar-refractivity contribution in [2.24, 2.45) is 0 Å². The minimum atomic E-state index is -4.41. The second kappa shape index (κ2) is 3.37. The number of alkyl halides is 3. The third kappa shape index (κ3) is 2.21. The predicted molar refractivity (Wildman–Crippen MR) is 39.1 cm³/mol. The molecule has 0 amide bonds. The molecule has 0 saturated heterocycles. The first-order chi connectivity index (χ1) is 5.95. The maximum Gasteiger partial charge on any atom is 0.435 e. The summed E-state index contributed by atoms with van der Waals surface area (Å²) in [5.41, 5.74) is -0.818. The molecule has 6 heteroatoms. The highest BCUT2D eigenvalue weighted by Gasteiger charge is 2.35. The third-order valence-corrected chi connectivity index (χ3v) is 1.54. The van der Waals surface area contributed by atoms with E-state index in [1.807, 2.05) is 0 Å². The van der Waals surface area contributed by atoms with E-state index in [4.69, 9.17) is 5.11 Å². The van der Waals surface area contributed by atoms with Gasteiger partial charge in [-0.15, -0.1) is 0 Å². The first-order valence-electron chi connectivity index (χ1n) is 3.67. The summed E-state index contributed by atoms with van der Waals surface area (Å²) in [7, 11) is 0. The minimum Gasteiger partial charge on any atom is -0.394 e. The Balaban J connectivity index is 2.96. The summed E-state index contributed by atoms with van der Waals surface area (Å²) < 4.78 is 37.6. The number of aliphatic hydroxyl groups excluding tert-OH is 1. The van der Waals surface area contributed by atoms with Crippen LogP contribution in [0.4, 0.5) is 13.2 Å². The van der Waals surface area contributed by atoms with Crippen molar-refractivity contribution in [1.29, 1.82) is 0 Å². The van der Waals surface area contributed by atoms with E-state index in [0.29, 0.717) is 0 Å². The van der Waals surface area contributed by atoms with Crippen molar-refractivity contribution in [2.45, 2.75) is 19.6 Å². The van der Waals surface area contributed by atoms with Gasteiger partial charge in [0, 0.05) is 6.20 Å². The van der Waals surface area contributed by atoms with Crippen LogP contribution in [0.2, 0.25) is 0 Å². The quantitative estimate of drug-likeness (QED) is 0.768. The molecule has 0 atom stereocenters. The summed E-state index contributed by atoms with van der Waals surface area (Å²) in [6.45, 7) is 1.19. The van der Waals surface area contributed by atoms with Gasteiger partial charge in [-0.2, -0.15) is 18.3 Å². The van der Waals surface area contributed by atoms with Crippen LogP contribution in [-0.2, 0) is 12.7 Å². The summed E-state index contributed by atoms with van der Waals surface area (Å²) in [6.07, 6.45) is -3.15. The van der Waals surface area contributed by atoms with Crippen molar-refractivity contribution in [3.05, 3.63) is 17.5 Å². The van der Waals surface area contributed by atoms with Crippen LogP contribution in [0, 0.1) is 6.92 Å². The molecule has 0 aliphatic carbocycles. The van der Waals surface area contributed by atoms with E-state index in [1.54, 1.807) is 0 Å². The van der Waals surface area contributed by atoms with Crippen molar-refractivity contribution in [3.8, 4) is 0 Å². The van der Waals surface area contributed by atoms with Gasteiger partial charge in [0.15, 0.2) is 5.69 Å². The smallest absolute Gasteiger partial charge is 0.394 e. The van der Waals surface area contributed by atoms with Gasteiger partial charge in [0.25, 0.3) is 0 Å². The normalized spacial score (nSPS) is 12.1. The highest BCUT2D eigenvalue weighted by molar-refractivity contribution is 5.17. The lowest BCUT2D eigenvalue weighted by Crippen LogP contribution is -2.10. The van der Waals surface area contributed by atoms with Gasteiger partial charge < -0.3 is 5.11 Å². The van der Waals surface area contributed by atoms with Crippen LogP contribution in [0.25, 0.3) is 0 Å². The van der Waals surface area contributed by atoms with Gasteiger partial charge in [-0.05, 0) is 12.5 Å². The minimum absolute atomic E-state index is 0.0703. The zero-order chi connectivity index (χ0) is 10.1. The van der Waals surface area contributed by atoms with Gasteiger partial charge in [-0.3, -0.25) is 4.68 Å². The molecule has 0 spiro atoms. The highest BCUT2D eigenvalue weighted by Crippen LogP contribution is 2.29. The maximum absolute atomic E-state index is 12.2. The molecule has 1 rings (SSSR count). The molecular weight excluding hydrogens is 185 g/mol. The lowest BCUT2D eigenvalue weighted by atomic mass is 10.3. The van der Waals surface area contributed by atoms with E-state index >= 15 is 0 Å². The zero-order valence-corrected chi connectivity index (χ0v) is 6.97. The summed E-state index contributed by atoms with van der Waals surface area (Å²) in [5.74, 6) is 0. The molecule has 0 aromatic carbocycles. The largest absolute Gasteiger partial charge is 0.435 e. The molecule has 1 heterocycles. The fraction of sp³-hybridized carbons (Fsp3) is 0.571. The van der Waals surface area contributed by atoms with Gasteiger partial charge in [0.1, 0.15) is 0 Å². The Bertz CT molecular complexity index is 292. The molecule has 1 N–H and O–H groups in total. The van der Waals surface area contributed by atoms with Crippen LogP contribution in [-0.4, -0.2) is 21.5 Å². The van der Waals surface area contributed by atoms with E-state index in [1.165, 1.54) is 13.1 Å². The Morgan fingerprint density at radius 2 is 2.15 bits per heavy atom. The molecule has 1 aromatic rings. The molecule has 0 radical (unpaired) electrons. The molecule has 0 aliphatic heterocycles. The Morgan fingerprint density at radius 3 is 2.54 bits per heavy atom. The summed E-state index contributed by atoms with van der Waals surface area (Å²) in [4.78, 5) is 0. The summed E-state index contributed by atoms with van der Waals surface area (Å²) >= 11 is 0. The lowest BCUT2D eigenvalue weighted by Gasteiger charge is -2.02.